The summed E-state index contributed by atoms with van der Waals surface area (Å²) in [5.41, 5.74) is 0.553. The van der Waals surface area contributed by atoms with Crippen LogP contribution < -0.4 is 10.1 Å². The van der Waals surface area contributed by atoms with Gasteiger partial charge in [-0.2, -0.15) is 5.26 Å². The highest BCUT2D eigenvalue weighted by Crippen LogP contribution is 2.12. The Balaban J connectivity index is 2.37. The summed E-state index contributed by atoms with van der Waals surface area (Å²) in [6, 6.07) is 9.27. The van der Waals surface area contributed by atoms with Gasteiger partial charge >= 0.3 is 0 Å². The van der Waals surface area contributed by atoms with E-state index in [1.54, 1.807) is 24.3 Å². The second-order valence-corrected chi connectivity index (χ2v) is 4.17. The molecule has 1 aromatic rings. The van der Waals surface area contributed by atoms with Crippen molar-refractivity contribution in [3.8, 4) is 11.8 Å². The van der Waals surface area contributed by atoms with Crippen molar-refractivity contribution in [1.29, 1.82) is 5.26 Å². The molecule has 0 spiro atoms. The maximum Gasteiger partial charge on any atom is 0.120 e. The predicted octanol–water partition coefficient (Wildman–Crippen LogP) is 1.30. The van der Waals surface area contributed by atoms with Crippen LogP contribution in [-0.2, 0) is 0 Å². The van der Waals surface area contributed by atoms with Crippen LogP contribution in [0.4, 0.5) is 0 Å². The van der Waals surface area contributed by atoms with Crippen LogP contribution in [0, 0.1) is 11.3 Å². The van der Waals surface area contributed by atoms with Crippen molar-refractivity contribution in [2.45, 2.75) is 26.0 Å². The molecule has 0 heterocycles. The van der Waals surface area contributed by atoms with Crippen LogP contribution in [0.3, 0.4) is 0 Å². The maximum atomic E-state index is 9.63. The molecule has 0 aliphatic heterocycles. The first kappa shape index (κ1) is 13.5. The predicted molar refractivity (Wildman–Crippen MR) is 65.8 cm³/mol. The summed E-state index contributed by atoms with van der Waals surface area (Å²) in [5, 5.41) is 21.5. The molecule has 0 aliphatic rings. The lowest BCUT2D eigenvalue weighted by Crippen LogP contribution is -2.35. The summed E-state index contributed by atoms with van der Waals surface area (Å²) >= 11 is 0. The Morgan fingerprint density at radius 3 is 2.88 bits per heavy atom. The summed E-state index contributed by atoms with van der Waals surface area (Å²) in [6.45, 7) is 4.75. The van der Waals surface area contributed by atoms with Gasteiger partial charge in [0.05, 0.1) is 11.6 Å². The molecular formula is C13H18N2O2. The van der Waals surface area contributed by atoms with E-state index in [9.17, 15) is 5.11 Å². The average Bonchev–Trinajstić information content (AvgIpc) is 2.34. The van der Waals surface area contributed by atoms with Crippen molar-refractivity contribution >= 4 is 0 Å². The number of ether oxygens (including phenoxy) is 1. The quantitative estimate of drug-likeness (QED) is 0.778. The van der Waals surface area contributed by atoms with Crippen LogP contribution in [0.1, 0.15) is 19.4 Å². The third-order valence-electron chi connectivity index (χ3n) is 2.17. The molecule has 0 saturated carbocycles. The fourth-order valence-corrected chi connectivity index (χ4v) is 1.28. The largest absolute Gasteiger partial charge is 0.491 e. The van der Waals surface area contributed by atoms with Gasteiger partial charge in [-0.3, -0.25) is 0 Å². The minimum absolute atomic E-state index is 0.217. The smallest absolute Gasteiger partial charge is 0.120 e. The lowest BCUT2D eigenvalue weighted by atomic mass is 10.2. The fourth-order valence-electron chi connectivity index (χ4n) is 1.28. The van der Waals surface area contributed by atoms with Crippen LogP contribution in [-0.4, -0.2) is 30.4 Å². The number of benzene rings is 1. The second-order valence-electron chi connectivity index (χ2n) is 4.17. The number of hydrogen-bond acceptors (Lipinski definition) is 4. The van der Waals surface area contributed by atoms with Gasteiger partial charge in [0.25, 0.3) is 0 Å². The maximum absolute atomic E-state index is 9.63. The first-order chi connectivity index (χ1) is 8.11. The van der Waals surface area contributed by atoms with Crippen molar-refractivity contribution < 1.29 is 9.84 Å². The standard InChI is InChI=1S/C13H18N2O2/c1-10(2)15-8-12(16)9-17-13-5-3-4-11(6-13)7-14/h3-6,10,12,15-16H,8-9H2,1-2H3/t12-/m1/s1. The molecule has 4 nitrogen and oxygen atoms in total. The monoisotopic (exact) mass is 234 g/mol. The SMILES string of the molecule is CC(C)NC[C@@H](O)COc1cccc(C#N)c1. The van der Waals surface area contributed by atoms with Gasteiger partial charge in [-0.1, -0.05) is 19.9 Å². The van der Waals surface area contributed by atoms with Gasteiger partial charge in [-0.25, -0.2) is 0 Å². The van der Waals surface area contributed by atoms with E-state index < -0.39 is 6.10 Å². The minimum atomic E-state index is -0.553. The number of aliphatic hydroxyl groups excluding tert-OH is 1. The van der Waals surface area contributed by atoms with Gasteiger partial charge in [0.2, 0.25) is 0 Å². The van der Waals surface area contributed by atoms with Gasteiger partial charge in [-0.05, 0) is 18.2 Å². The lowest BCUT2D eigenvalue weighted by Gasteiger charge is -2.15. The molecule has 0 bridgehead atoms. The van der Waals surface area contributed by atoms with Gasteiger partial charge in [0, 0.05) is 12.6 Å². The molecule has 0 aliphatic carbocycles. The van der Waals surface area contributed by atoms with Gasteiger partial charge < -0.3 is 15.2 Å². The molecule has 17 heavy (non-hydrogen) atoms. The molecule has 1 aromatic carbocycles. The molecule has 0 fully saturated rings. The molecule has 2 N–H and O–H groups in total. The Kier molecular flexibility index (Phi) is 5.47. The molecule has 0 aromatic heterocycles. The molecule has 0 amide bonds. The topological polar surface area (TPSA) is 65.3 Å². The zero-order valence-corrected chi connectivity index (χ0v) is 10.2. The van der Waals surface area contributed by atoms with E-state index >= 15 is 0 Å². The zero-order valence-electron chi connectivity index (χ0n) is 10.2. The molecular weight excluding hydrogens is 216 g/mol. The summed E-state index contributed by atoms with van der Waals surface area (Å²) in [5.74, 6) is 0.604. The molecule has 4 heteroatoms. The van der Waals surface area contributed by atoms with Crippen molar-refractivity contribution in [3.63, 3.8) is 0 Å². The molecule has 1 rings (SSSR count). The van der Waals surface area contributed by atoms with E-state index in [4.69, 9.17) is 10.00 Å². The minimum Gasteiger partial charge on any atom is -0.491 e. The second kappa shape index (κ2) is 6.89. The van der Waals surface area contributed by atoms with Crippen LogP contribution >= 0.6 is 0 Å². The highest BCUT2D eigenvalue weighted by atomic mass is 16.5. The first-order valence-corrected chi connectivity index (χ1v) is 5.66. The van der Waals surface area contributed by atoms with E-state index in [0.717, 1.165) is 0 Å². The highest BCUT2D eigenvalue weighted by molar-refractivity contribution is 5.36. The van der Waals surface area contributed by atoms with E-state index in [-0.39, 0.29) is 6.61 Å². The van der Waals surface area contributed by atoms with Gasteiger partial charge in [0.1, 0.15) is 18.5 Å². The van der Waals surface area contributed by atoms with Crippen LogP contribution in [0.2, 0.25) is 0 Å². The Morgan fingerprint density at radius 2 is 2.24 bits per heavy atom. The summed E-state index contributed by atoms with van der Waals surface area (Å²) in [6.07, 6.45) is -0.553. The number of aliphatic hydroxyl groups is 1. The zero-order chi connectivity index (χ0) is 12.7. The average molecular weight is 234 g/mol. The molecule has 92 valence electrons. The lowest BCUT2D eigenvalue weighted by molar-refractivity contribution is 0.104. The summed E-state index contributed by atoms with van der Waals surface area (Å²) in [4.78, 5) is 0. The number of hydrogen-bond donors (Lipinski definition) is 2. The van der Waals surface area contributed by atoms with E-state index in [2.05, 4.69) is 5.32 Å². The highest BCUT2D eigenvalue weighted by Gasteiger charge is 2.06. The molecule has 1 atom stereocenters. The Labute approximate surface area is 102 Å². The van der Waals surface area contributed by atoms with E-state index in [0.29, 0.717) is 23.9 Å². The first-order valence-electron chi connectivity index (χ1n) is 5.66. The van der Waals surface area contributed by atoms with Crippen LogP contribution in [0.15, 0.2) is 24.3 Å². The van der Waals surface area contributed by atoms with Crippen LogP contribution in [0.25, 0.3) is 0 Å². The van der Waals surface area contributed by atoms with Crippen molar-refractivity contribution in [1.82, 2.24) is 5.32 Å². The van der Waals surface area contributed by atoms with E-state index in [1.165, 1.54) is 0 Å². The van der Waals surface area contributed by atoms with Crippen molar-refractivity contribution in [2.75, 3.05) is 13.2 Å². The number of nitrogens with zero attached hydrogens (tertiary/aromatic N) is 1. The summed E-state index contributed by atoms with van der Waals surface area (Å²) in [7, 11) is 0. The normalized spacial score (nSPS) is 12.2. The Hall–Kier alpha value is -1.57. The number of rotatable bonds is 6. The molecule has 0 unspecified atom stereocenters. The fraction of sp³-hybridized carbons (Fsp3) is 0.462. The van der Waals surface area contributed by atoms with Gasteiger partial charge in [-0.15, -0.1) is 0 Å². The van der Waals surface area contributed by atoms with Crippen molar-refractivity contribution in [3.05, 3.63) is 29.8 Å². The van der Waals surface area contributed by atoms with Crippen molar-refractivity contribution in [2.24, 2.45) is 0 Å². The van der Waals surface area contributed by atoms with Crippen LogP contribution in [0.5, 0.6) is 5.75 Å². The number of nitriles is 1. The number of nitrogens with one attached hydrogen (secondary N) is 1. The molecule has 0 saturated heterocycles. The van der Waals surface area contributed by atoms with E-state index in [1.807, 2.05) is 19.9 Å². The third-order valence-corrected chi connectivity index (χ3v) is 2.17. The third kappa shape index (κ3) is 5.34. The van der Waals surface area contributed by atoms with Gasteiger partial charge in [0.15, 0.2) is 0 Å². The molecule has 0 radical (unpaired) electrons. The Bertz CT molecular complexity index is 385. The summed E-state index contributed by atoms with van der Waals surface area (Å²) < 4.78 is 5.40. The Morgan fingerprint density at radius 1 is 1.47 bits per heavy atom.